The first-order valence-corrected chi connectivity index (χ1v) is 7.40. The van der Waals surface area contributed by atoms with Gasteiger partial charge in [0.15, 0.2) is 0 Å². The van der Waals surface area contributed by atoms with Gasteiger partial charge in [-0.15, -0.1) is 0 Å². The van der Waals surface area contributed by atoms with Crippen LogP contribution in [0.1, 0.15) is 44.8 Å². The molecule has 20 heavy (non-hydrogen) atoms. The molecular formula is C16H22FNO2. The van der Waals surface area contributed by atoms with E-state index in [2.05, 4.69) is 18.7 Å². The lowest BCUT2D eigenvalue weighted by atomic mass is 9.81. The van der Waals surface area contributed by atoms with E-state index >= 15 is 0 Å². The summed E-state index contributed by atoms with van der Waals surface area (Å²) in [6.45, 7) is 6.32. The van der Waals surface area contributed by atoms with Crippen LogP contribution in [-0.2, 0) is 0 Å². The Balaban J connectivity index is 1.81. The number of hydrogen-bond acceptors (Lipinski definition) is 3. The smallest absolute Gasteiger partial charge is 0.128 e. The third kappa shape index (κ3) is 2.42. The Bertz CT molecular complexity index is 495. The highest BCUT2D eigenvalue weighted by molar-refractivity contribution is 5.38. The fourth-order valence-corrected chi connectivity index (χ4v) is 3.36. The molecule has 1 unspecified atom stereocenters. The number of fused-ring (bicyclic) bond motifs is 1. The van der Waals surface area contributed by atoms with Gasteiger partial charge in [-0.25, -0.2) is 4.39 Å². The predicted octanol–water partition coefficient (Wildman–Crippen LogP) is 2.88. The summed E-state index contributed by atoms with van der Waals surface area (Å²) in [6.07, 6.45) is 1.83. The molecule has 1 aromatic carbocycles. The first-order valence-electron chi connectivity index (χ1n) is 7.40. The molecule has 0 aromatic heterocycles. The molecule has 1 fully saturated rings. The second kappa shape index (κ2) is 5.01. The topological polar surface area (TPSA) is 32.7 Å². The second-order valence-electron chi connectivity index (χ2n) is 6.32. The minimum absolute atomic E-state index is 0.312. The number of piperidine rings is 1. The summed E-state index contributed by atoms with van der Waals surface area (Å²) in [5, 5.41) is 10.3. The first kappa shape index (κ1) is 13.8. The van der Waals surface area contributed by atoms with Crippen molar-refractivity contribution in [2.45, 2.75) is 50.9 Å². The van der Waals surface area contributed by atoms with Crippen LogP contribution in [0.3, 0.4) is 0 Å². The third-order valence-corrected chi connectivity index (χ3v) is 4.67. The van der Waals surface area contributed by atoms with Crippen molar-refractivity contribution >= 4 is 0 Å². The van der Waals surface area contributed by atoms with Gasteiger partial charge in [-0.3, -0.25) is 0 Å². The van der Waals surface area contributed by atoms with Gasteiger partial charge in [-0.05, 0) is 38.8 Å². The Kier molecular flexibility index (Phi) is 3.46. The van der Waals surface area contributed by atoms with Crippen molar-refractivity contribution in [3.8, 4) is 5.75 Å². The molecule has 110 valence electrons. The highest BCUT2D eigenvalue weighted by Gasteiger charge is 2.43. The van der Waals surface area contributed by atoms with Crippen LogP contribution in [0.25, 0.3) is 0 Å². The summed E-state index contributed by atoms with van der Waals surface area (Å²) in [7, 11) is 0. The van der Waals surface area contributed by atoms with Gasteiger partial charge in [0.2, 0.25) is 0 Å². The van der Waals surface area contributed by atoms with Crippen LogP contribution < -0.4 is 4.74 Å². The van der Waals surface area contributed by atoms with Gasteiger partial charge in [0.1, 0.15) is 17.2 Å². The average molecular weight is 279 g/mol. The van der Waals surface area contributed by atoms with Crippen molar-refractivity contribution in [1.82, 2.24) is 4.90 Å². The number of nitrogens with zero attached hydrogens (tertiary/aromatic N) is 1. The van der Waals surface area contributed by atoms with Gasteiger partial charge in [0, 0.05) is 37.2 Å². The van der Waals surface area contributed by atoms with E-state index in [1.54, 1.807) is 6.07 Å². The maximum atomic E-state index is 13.4. The Hall–Kier alpha value is -1.13. The number of aliphatic hydroxyl groups excluding tert-OH is 1. The van der Waals surface area contributed by atoms with Crippen LogP contribution in [0, 0.1) is 5.82 Å². The van der Waals surface area contributed by atoms with E-state index in [-0.39, 0.29) is 11.4 Å². The van der Waals surface area contributed by atoms with Gasteiger partial charge in [0.25, 0.3) is 0 Å². The number of halogens is 1. The van der Waals surface area contributed by atoms with E-state index in [1.807, 2.05) is 0 Å². The molecule has 2 aliphatic rings. The van der Waals surface area contributed by atoms with Crippen molar-refractivity contribution < 1.29 is 14.2 Å². The second-order valence-corrected chi connectivity index (χ2v) is 6.32. The summed E-state index contributed by atoms with van der Waals surface area (Å²) in [6, 6.07) is 4.94. The van der Waals surface area contributed by atoms with E-state index in [9.17, 15) is 9.50 Å². The number of likely N-dealkylation sites (tertiary alicyclic amines) is 1. The molecule has 0 saturated carbocycles. The Morgan fingerprint density at radius 3 is 2.70 bits per heavy atom. The molecule has 4 heteroatoms. The number of rotatable bonds is 1. The van der Waals surface area contributed by atoms with E-state index in [0.29, 0.717) is 23.8 Å². The standard InChI is InChI=1S/C16H22FNO2/c1-11(2)18-7-5-16(6-8-18)10-14(19)13-4-3-12(17)9-15(13)20-16/h3-4,9,11,14,19H,5-8,10H2,1-2H3. The van der Waals surface area contributed by atoms with Crippen LogP contribution in [0.15, 0.2) is 18.2 Å². The minimum atomic E-state index is -0.551. The SMILES string of the molecule is CC(C)N1CCC2(CC1)CC(O)c1ccc(F)cc1O2. The molecule has 0 radical (unpaired) electrons. The fourth-order valence-electron chi connectivity index (χ4n) is 3.36. The van der Waals surface area contributed by atoms with Crippen molar-refractivity contribution in [2.24, 2.45) is 0 Å². The zero-order valence-electron chi connectivity index (χ0n) is 12.1. The quantitative estimate of drug-likeness (QED) is 0.858. The lowest BCUT2D eigenvalue weighted by Gasteiger charge is -2.46. The average Bonchev–Trinajstić information content (AvgIpc) is 2.38. The molecule has 0 bridgehead atoms. The monoisotopic (exact) mass is 279 g/mol. The number of hydrogen-bond donors (Lipinski definition) is 1. The van der Waals surface area contributed by atoms with E-state index in [1.165, 1.54) is 12.1 Å². The Labute approximate surface area is 119 Å². The summed E-state index contributed by atoms with van der Waals surface area (Å²) >= 11 is 0. The van der Waals surface area contributed by atoms with Crippen molar-refractivity contribution in [3.63, 3.8) is 0 Å². The molecule has 1 aromatic rings. The summed E-state index contributed by atoms with van der Waals surface area (Å²) < 4.78 is 19.5. The minimum Gasteiger partial charge on any atom is -0.487 e. The molecule has 1 spiro atoms. The van der Waals surface area contributed by atoms with E-state index < -0.39 is 6.10 Å². The zero-order valence-corrected chi connectivity index (χ0v) is 12.1. The Morgan fingerprint density at radius 1 is 1.35 bits per heavy atom. The molecule has 1 atom stereocenters. The molecule has 2 aliphatic heterocycles. The third-order valence-electron chi connectivity index (χ3n) is 4.67. The maximum absolute atomic E-state index is 13.4. The lowest BCUT2D eigenvalue weighted by molar-refractivity contribution is -0.0581. The van der Waals surface area contributed by atoms with Gasteiger partial charge < -0.3 is 14.7 Å². The van der Waals surface area contributed by atoms with Gasteiger partial charge >= 0.3 is 0 Å². The highest BCUT2D eigenvalue weighted by Crippen LogP contribution is 2.44. The number of ether oxygens (including phenoxy) is 1. The van der Waals surface area contributed by atoms with Crippen LogP contribution in [0.4, 0.5) is 4.39 Å². The van der Waals surface area contributed by atoms with Crippen LogP contribution in [-0.4, -0.2) is 34.7 Å². The molecule has 3 rings (SSSR count). The van der Waals surface area contributed by atoms with Crippen LogP contribution >= 0.6 is 0 Å². The number of aliphatic hydroxyl groups is 1. The molecule has 1 saturated heterocycles. The van der Waals surface area contributed by atoms with E-state index in [0.717, 1.165) is 25.9 Å². The van der Waals surface area contributed by atoms with Crippen LogP contribution in [0.2, 0.25) is 0 Å². The predicted molar refractivity (Wildman–Crippen MR) is 75.3 cm³/mol. The molecule has 0 aliphatic carbocycles. The van der Waals surface area contributed by atoms with Crippen molar-refractivity contribution in [2.75, 3.05) is 13.1 Å². The zero-order chi connectivity index (χ0) is 14.3. The van der Waals surface area contributed by atoms with Gasteiger partial charge in [0.05, 0.1) is 6.10 Å². The molecule has 3 nitrogen and oxygen atoms in total. The summed E-state index contributed by atoms with van der Waals surface area (Å²) in [5.41, 5.74) is 0.384. The fraction of sp³-hybridized carbons (Fsp3) is 0.625. The van der Waals surface area contributed by atoms with Gasteiger partial charge in [-0.1, -0.05) is 0 Å². The highest BCUT2D eigenvalue weighted by atomic mass is 19.1. The molecule has 0 amide bonds. The van der Waals surface area contributed by atoms with Crippen molar-refractivity contribution in [3.05, 3.63) is 29.6 Å². The van der Waals surface area contributed by atoms with Crippen LogP contribution in [0.5, 0.6) is 5.75 Å². The first-order chi connectivity index (χ1) is 9.49. The van der Waals surface area contributed by atoms with E-state index in [4.69, 9.17) is 4.74 Å². The normalized spacial score (nSPS) is 25.6. The number of benzene rings is 1. The molecule has 2 heterocycles. The largest absolute Gasteiger partial charge is 0.487 e. The summed E-state index contributed by atoms with van der Waals surface area (Å²) in [5.74, 6) is 0.203. The Morgan fingerprint density at radius 2 is 2.05 bits per heavy atom. The van der Waals surface area contributed by atoms with Crippen molar-refractivity contribution in [1.29, 1.82) is 0 Å². The molecule has 1 N–H and O–H groups in total. The van der Waals surface area contributed by atoms with Gasteiger partial charge in [-0.2, -0.15) is 0 Å². The summed E-state index contributed by atoms with van der Waals surface area (Å²) in [4.78, 5) is 2.42. The lowest BCUT2D eigenvalue weighted by Crippen LogP contribution is -2.51. The molecular weight excluding hydrogens is 257 g/mol. The maximum Gasteiger partial charge on any atom is 0.128 e.